The molecule has 3 rings (SSSR count). The van der Waals surface area contributed by atoms with Crippen molar-refractivity contribution in [2.24, 2.45) is 0 Å². The van der Waals surface area contributed by atoms with Crippen LogP contribution in [0.2, 0.25) is 0 Å². The van der Waals surface area contributed by atoms with Crippen LogP contribution in [-0.2, 0) is 17.1 Å². The molecule has 11 heteroatoms. The fraction of sp³-hybridized carbons (Fsp3) is 0.300. The van der Waals surface area contributed by atoms with Gasteiger partial charge in [0, 0.05) is 19.0 Å². The Kier molecular flexibility index (Phi) is 6.14. The van der Waals surface area contributed by atoms with E-state index in [0.717, 1.165) is 18.2 Å². The average molecular weight is 446 g/mol. The highest BCUT2D eigenvalue weighted by atomic mass is 19.4. The van der Waals surface area contributed by atoms with Gasteiger partial charge in [-0.3, -0.25) is 9.59 Å². The number of piperidine rings is 1. The zero-order valence-corrected chi connectivity index (χ0v) is 15.7. The van der Waals surface area contributed by atoms with E-state index >= 15 is 0 Å². The summed E-state index contributed by atoms with van der Waals surface area (Å²) >= 11 is 0. The minimum atomic E-state index is -4.73. The van der Waals surface area contributed by atoms with Crippen LogP contribution in [0.25, 0.3) is 0 Å². The number of hydrogen-bond donors (Lipinski definition) is 2. The van der Waals surface area contributed by atoms with Crippen LogP contribution >= 0.6 is 0 Å². The van der Waals surface area contributed by atoms with Crippen molar-refractivity contribution in [2.75, 3.05) is 6.54 Å². The molecule has 1 aliphatic rings. The molecule has 0 aromatic heterocycles. The molecule has 5 nitrogen and oxygen atoms in total. The van der Waals surface area contributed by atoms with Crippen LogP contribution in [0.5, 0.6) is 11.5 Å². The van der Waals surface area contributed by atoms with Crippen LogP contribution in [-0.4, -0.2) is 24.4 Å². The lowest BCUT2D eigenvalue weighted by atomic mass is 10.0. The molecule has 1 saturated heterocycles. The normalized spacial score (nSPS) is 17.1. The molecule has 2 amide bonds. The van der Waals surface area contributed by atoms with E-state index in [1.165, 1.54) is 0 Å². The first-order chi connectivity index (χ1) is 14.4. The zero-order valence-electron chi connectivity index (χ0n) is 15.7. The van der Waals surface area contributed by atoms with Gasteiger partial charge < -0.3 is 15.4 Å². The lowest BCUT2D eigenvalue weighted by Gasteiger charge is -2.23. The van der Waals surface area contributed by atoms with Gasteiger partial charge in [0.25, 0.3) is 5.91 Å². The van der Waals surface area contributed by atoms with Gasteiger partial charge in [-0.15, -0.1) is 0 Å². The van der Waals surface area contributed by atoms with Crippen LogP contribution in [0.3, 0.4) is 0 Å². The lowest BCUT2D eigenvalue weighted by Crippen LogP contribution is -2.45. The number of rotatable bonds is 4. The molecule has 2 aromatic carbocycles. The van der Waals surface area contributed by atoms with Gasteiger partial charge >= 0.3 is 12.4 Å². The van der Waals surface area contributed by atoms with Crippen molar-refractivity contribution >= 4 is 11.8 Å². The van der Waals surface area contributed by atoms with E-state index in [2.05, 4.69) is 10.6 Å². The van der Waals surface area contributed by atoms with E-state index < -0.39 is 41.2 Å². The van der Waals surface area contributed by atoms with Gasteiger partial charge in [-0.25, -0.2) is 0 Å². The standard InChI is InChI=1S/C20H16F6N2O3/c21-19(22,23)11-1-4-14(5-2-11)31-16-9-12(20(24,25)26)3-6-15(16)18(30)28-13-7-8-27-17(29)10-13/h1-6,9,13H,7-8,10H2,(H,27,29)(H,28,30). The Morgan fingerprint density at radius 2 is 1.58 bits per heavy atom. The first kappa shape index (κ1) is 22.4. The Morgan fingerprint density at radius 1 is 0.968 bits per heavy atom. The predicted octanol–water partition coefficient (Wildman–Crippen LogP) is 4.52. The number of benzene rings is 2. The summed E-state index contributed by atoms with van der Waals surface area (Å²) in [5.74, 6) is -1.70. The molecule has 1 heterocycles. The summed E-state index contributed by atoms with van der Waals surface area (Å²) in [4.78, 5) is 24.1. The van der Waals surface area contributed by atoms with Crippen molar-refractivity contribution in [1.82, 2.24) is 10.6 Å². The number of hydrogen-bond acceptors (Lipinski definition) is 3. The summed E-state index contributed by atoms with van der Waals surface area (Å²) in [7, 11) is 0. The minimum Gasteiger partial charge on any atom is -0.457 e. The number of amides is 2. The van der Waals surface area contributed by atoms with E-state index in [1.54, 1.807) is 0 Å². The van der Waals surface area contributed by atoms with Gasteiger partial charge in [0.05, 0.1) is 16.7 Å². The van der Waals surface area contributed by atoms with Crippen molar-refractivity contribution in [1.29, 1.82) is 0 Å². The van der Waals surface area contributed by atoms with Crippen molar-refractivity contribution in [3.8, 4) is 11.5 Å². The van der Waals surface area contributed by atoms with E-state index in [1.807, 2.05) is 0 Å². The van der Waals surface area contributed by atoms with Crippen LogP contribution < -0.4 is 15.4 Å². The van der Waals surface area contributed by atoms with Crippen LogP contribution in [0, 0.1) is 0 Å². The molecule has 1 aliphatic heterocycles. The quantitative estimate of drug-likeness (QED) is 0.679. The second-order valence-electron chi connectivity index (χ2n) is 6.85. The Labute approximate surface area is 172 Å². The molecule has 0 radical (unpaired) electrons. The summed E-state index contributed by atoms with van der Waals surface area (Å²) in [6, 6.07) is 5.00. The first-order valence-electron chi connectivity index (χ1n) is 9.07. The van der Waals surface area contributed by atoms with Crippen molar-refractivity contribution in [2.45, 2.75) is 31.2 Å². The number of carbonyl (C=O) groups is 2. The lowest BCUT2D eigenvalue weighted by molar-refractivity contribution is -0.138. The highest BCUT2D eigenvalue weighted by Gasteiger charge is 2.33. The molecule has 1 unspecified atom stereocenters. The fourth-order valence-electron chi connectivity index (χ4n) is 2.98. The van der Waals surface area contributed by atoms with Crippen molar-refractivity contribution < 1.29 is 40.7 Å². The number of carbonyl (C=O) groups excluding carboxylic acids is 2. The van der Waals surface area contributed by atoms with E-state index in [4.69, 9.17) is 4.74 Å². The summed E-state index contributed by atoms with van der Waals surface area (Å²) in [6.07, 6.45) is -8.87. The third-order valence-electron chi connectivity index (χ3n) is 4.54. The SMILES string of the molecule is O=C1CC(NC(=O)c2ccc(C(F)(F)F)cc2Oc2ccc(C(F)(F)F)cc2)CCN1. The Morgan fingerprint density at radius 3 is 2.16 bits per heavy atom. The predicted molar refractivity (Wildman–Crippen MR) is 96.5 cm³/mol. The van der Waals surface area contributed by atoms with Gasteiger partial charge in [0.15, 0.2) is 0 Å². The second kappa shape index (κ2) is 8.48. The van der Waals surface area contributed by atoms with E-state index in [9.17, 15) is 35.9 Å². The van der Waals surface area contributed by atoms with Gasteiger partial charge in [0.2, 0.25) is 5.91 Å². The molecule has 0 aliphatic carbocycles. The number of nitrogens with one attached hydrogen (secondary N) is 2. The topological polar surface area (TPSA) is 67.4 Å². The van der Waals surface area contributed by atoms with E-state index in [0.29, 0.717) is 37.2 Å². The second-order valence-corrected chi connectivity index (χ2v) is 6.85. The molecule has 0 spiro atoms. The van der Waals surface area contributed by atoms with E-state index in [-0.39, 0.29) is 23.6 Å². The highest BCUT2D eigenvalue weighted by molar-refractivity contribution is 5.97. The zero-order chi connectivity index (χ0) is 22.8. The minimum absolute atomic E-state index is 0.0153. The van der Waals surface area contributed by atoms with Crippen LogP contribution in [0.15, 0.2) is 42.5 Å². The molecule has 2 aromatic rings. The highest BCUT2D eigenvalue weighted by Crippen LogP contribution is 2.36. The average Bonchev–Trinajstić information content (AvgIpc) is 2.67. The molecular formula is C20H16F6N2O3. The van der Waals surface area contributed by atoms with Crippen LogP contribution in [0.4, 0.5) is 26.3 Å². The summed E-state index contributed by atoms with van der Waals surface area (Å²) < 4.78 is 82.8. The third kappa shape index (κ3) is 5.68. The number of halogens is 6. The summed E-state index contributed by atoms with van der Waals surface area (Å²) in [5, 5.41) is 5.16. The van der Waals surface area contributed by atoms with Gasteiger partial charge in [-0.2, -0.15) is 26.3 Å². The molecule has 0 bridgehead atoms. The summed E-state index contributed by atoms with van der Waals surface area (Å²) in [5.41, 5.74) is -2.31. The Balaban J connectivity index is 1.88. The molecule has 1 fully saturated rings. The molecule has 31 heavy (non-hydrogen) atoms. The van der Waals surface area contributed by atoms with Gasteiger partial charge in [-0.1, -0.05) is 0 Å². The maximum Gasteiger partial charge on any atom is 0.416 e. The largest absolute Gasteiger partial charge is 0.457 e. The maximum atomic E-state index is 13.1. The monoisotopic (exact) mass is 446 g/mol. The Bertz CT molecular complexity index is 970. The number of alkyl halides is 6. The van der Waals surface area contributed by atoms with Crippen molar-refractivity contribution in [3.05, 3.63) is 59.2 Å². The number of ether oxygens (including phenoxy) is 1. The third-order valence-corrected chi connectivity index (χ3v) is 4.54. The smallest absolute Gasteiger partial charge is 0.416 e. The molecule has 1 atom stereocenters. The first-order valence-corrected chi connectivity index (χ1v) is 9.07. The molecule has 2 N–H and O–H groups in total. The van der Waals surface area contributed by atoms with Crippen LogP contribution in [0.1, 0.15) is 34.3 Å². The van der Waals surface area contributed by atoms with Gasteiger partial charge in [0.1, 0.15) is 11.5 Å². The maximum absolute atomic E-state index is 13.1. The van der Waals surface area contributed by atoms with Crippen molar-refractivity contribution in [3.63, 3.8) is 0 Å². The summed E-state index contributed by atoms with van der Waals surface area (Å²) in [6.45, 7) is 0.339. The molecule has 0 saturated carbocycles. The molecular weight excluding hydrogens is 430 g/mol. The van der Waals surface area contributed by atoms with Gasteiger partial charge in [-0.05, 0) is 48.9 Å². The molecule has 166 valence electrons. The fourth-order valence-corrected chi connectivity index (χ4v) is 2.98. The Hall–Kier alpha value is -3.24.